The first-order valence-electron chi connectivity index (χ1n) is 6.30. The van der Waals surface area contributed by atoms with Gasteiger partial charge in [0.1, 0.15) is 0 Å². The summed E-state index contributed by atoms with van der Waals surface area (Å²) in [5.41, 5.74) is 0.514. The molecule has 1 aromatic rings. The van der Waals surface area contributed by atoms with Gasteiger partial charge >= 0.3 is 0 Å². The summed E-state index contributed by atoms with van der Waals surface area (Å²) in [4.78, 5) is 17.8. The van der Waals surface area contributed by atoms with E-state index in [2.05, 4.69) is 10.3 Å². The number of hydrogen-bond acceptors (Lipinski definition) is 4. The van der Waals surface area contributed by atoms with E-state index in [9.17, 15) is 4.79 Å². The number of amides is 1. The molecule has 1 heterocycles. The topological polar surface area (TPSA) is 65.5 Å². The highest BCUT2D eigenvalue weighted by molar-refractivity contribution is 6.32. The molecule has 6 heteroatoms. The summed E-state index contributed by atoms with van der Waals surface area (Å²) in [6.07, 6.45) is 2.22. The van der Waals surface area contributed by atoms with E-state index in [0.29, 0.717) is 18.7 Å². The lowest BCUT2D eigenvalue weighted by molar-refractivity contribution is -0.117. The normalized spacial score (nSPS) is 11.1. The number of carbonyl (C=O) groups excluding carboxylic acids is 1. The van der Waals surface area contributed by atoms with Gasteiger partial charge in [0.25, 0.3) is 0 Å². The molecule has 5 nitrogen and oxygen atoms in total. The van der Waals surface area contributed by atoms with Gasteiger partial charge in [0.05, 0.1) is 12.2 Å². The van der Waals surface area contributed by atoms with Crippen molar-refractivity contribution in [2.24, 2.45) is 0 Å². The van der Waals surface area contributed by atoms with Crippen molar-refractivity contribution in [3.8, 4) is 0 Å². The first-order valence-corrected chi connectivity index (χ1v) is 6.67. The lowest BCUT2D eigenvalue weighted by Gasteiger charge is -2.25. The molecule has 0 saturated heterocycles. The predicted molar refractivity (Wildman–Crippen MR) is 76.3 cm³/mol. The zero-order valence-corrected chi connectivity index (χ0v) is 12.0. The van der Waals surface area contributed by atoms with Crippen LogP contribution in [-0.4, -0.2) is 46.6 Å². The van der Waals surface area contributed by atoms with Gasteiger partial charge in [-0.2, -0.15) is 0 Å². The number of pyridine rings is 1. The van der Waals surface area contributed by atoms with Crippen LogP contribution in [0, 0.1) is 0 Å². The highest BCUT2D eigenvalue weighted by Gasteiger charge is 2.14. The van der Waals surface area contributed by atoms with Crippen molar-refractivity contribution in [3.63, 3.8) is 0 Å². The van der Waals surface area contributed by atoms with E-state index < -0.39 is 0 Å². The number of aliphatic hydroxyl groups is 1. The van der Waals surface area contributed by atoms with Gasteiger partial charge in [-0.15, -0.1) is 0 Å². The summed E-state index contributed by atoms with van der Waals surface area (Å²) in [6.45, 7) is 5.11. The first-order chi connectivity index (χ1) is 9.04. The van der Waals surface area contributed by atoms with Crippen LogP contribution in [0.1, 0.15) is 20.3 Å². The first kappa shape index (κ1) is 15.9. The third-order valence-corrected chi connectivity index (χ3v) is 3.01. The Morgan fingerprint density at radius 1 is 1.58 bits per heavy atom. The molecule has 2 N–H and O–H groups in total. The van der Waals surface area contributed by atoms with Crippen molar-refractivity contribution in [1.82, 2.24) is 9.88 Å². The molecule has 0 radical (unpaired) electrons. The van der Waals surface area contributed by atoms with Crippen LogP contribution in [0.25, 0.3) is 0 Å². The molecule has 0 unspecified atom stereocenters. The molecule has 0 saturated carbocycles. The standard InChI is InChI=1S/C13H20ClN3O2/c1-10(2)17(7-4-8-18)9-12(19)16-11-5-3-6-15-13(11)14/h3,5-6,10,18H,4,7-9H2,1-2H3,(H,16,19). The minimum Gasteiger partial charge on any atom is -0.396 e. The van der Waals surface area contributed by atoms with Crippen LogP contribution < -0.4 is 5.32 Å². The minimum absolute atomic E-state index is 0.124. The van der Waals surface area contributed by atoms with Crippen molar-refractivity contribution in [3.05, 3.63) is 23.5 Å². The second-order valence-corrected chi connectivity index (χ2v) is 4.89. The summed E-state index contributed by atoms with van der Waals surface area (Å²) in [5.74, 6) is -0.137. The third-order valence-electron chi connectivity index (χ3n) is 2.71. The minimum atomic E-state index is -0.137. The maximum Gasteiger partial charge on any atom is 0.238 e. The highest BCUT2D eigenvalue weighted by Crippen LogP contribution is 2.17. The number of anilines is 1. The van der Waals surface area contributed by atoms with E-state index in [1.807, 2.05) is 18.7 Å². The van der Waals surface area contributed by atoms with E-state index in [4.69, 9.17) is 16.7 Å². The van der Waals surface area contributed by atoms with Crippen molar-refractivity contribution >= 4 is 23.2 Å². The Morgan fingerprint density at radius 3 is 2.89 bits per heavy atom. The fourth-order valence-electron chi connectivity index (χ4n) is 1.65. The second-order valence-electron chi connectivity index (χ2n) is 4.53. The number of aliphatic hydroxyl groups excluding tert-OH is 1. The smallest absolute Gasteiger partial charge is 0.238 e. The monoisotopic (exact) mass is 285 g/mol. The van der Waals surface area contributed by atoms with Gasteiger partial charge in [0.2, 0.25) is 5.91 Å². The summed E-state index contributed by atoms with van der Waals surface area (Å²) < 4.78 is 0. The van der Waals surface area contributed by atoms with Crippen LogP contribution >= 0.6 is 11.6 Å². The largest absolute Gasteiger partial charge is 0.396 e. The summed E-state index contributed by atoms with van der Waals surface area (Å²) in [5, 5.41) is 11.9. The Balaban J connectivity index is 2.55. The van der Waals surface area contributed by atoms with E-state index in [0.717, 1.165) is 0 Å². The molecule has 0 aliphatic rings. The Hall–Kier alpha value is -1.17. The van der Waals surface area contributed by atoms with E-state index in [1.165, 1.54) is 0 Å². The maximum atomic E-state index is 11.9. The molecular weight excluding hydrogens is 266 g/mol. The number of nitrogens with zero attached hydrogens (tertiary/aromatic N) is 2. The number of hydrogen-bond donors (Lipinski definition) is 2. The van der Waals surface area contributed by atoms with Crippen molar-refractivity contribution in [2.75, 3.05) is 25.0 Å². The molecule has 0 spiro atoms. The van der Waals surface area contributed by atoms with Crippen molar-refractivity contribution < 1.29 is 9.90 Å². The average molecular weight is 286 g/mol. The fraction of sp³-hybridized carbons (Fsp3) is 0.538. The quantitative estimate of drug-likeness (QED) is 0.750. The van der Waals surface area contributed by atoms with Gasteiger partial charge in [-0.25, -0.2) is 4.98 Å². The molecule has 0 bridgehead atoms. The van der Waals surface area contributed by atoms with Crippen molar-refractivity contribution in [2.45, 2.75) is 26.3 Å². The molecular formula is C13H20ClN3O2. The number of rotatable bonds is 7. The van der Waals surface area contributed by atoms with Crippen molar-refractivity contribution in [1.29, 1.82) is 0 Å². The molecule has 1 amide bonds. The molecule has 0 aliphatic carbocycles. The van der Waals surface area contributed by atoms with Crippen LogP contribution in [0.5, 0.6) is 0 Å². The average Bonchev–Trinajstić information content (AvgIpc) is 2.37. The van der Waals surface area contributed by atoms with Crippen LogP contribution in [0.4, 0.5) is 5.69 Å². The van der Waals surface area contributed by atoms with Gasteiger partial charge in [-0.3, -0.25) is 9.69 Å². The lowest BCUT2D eigenvalue weighted by atomic mass is 10.2. The Morgan fingerprint density at radius 2 is 2.32 bits per heavy atom. The Labute approximate surface area is 118 Å². The SMILES string of the molecule is CC(C)N(CCCO)CC(=O)Nc1cccnc1Cl. The number of aromatic nitrogens is 1. The zero-order valence-electron chi connectivity index (χ0n) is 11.3. The Kier molecular flexibility index (Phi) is 6.77. The van der Waals surface area contributed by atoms with Gasteiger partial charge in [-0.05, 0) is 32.4 Å². The molecule has 1 rings (SSSR count). The van der Waals surface area contributed by atoms with Gasteiger partial charge in [0.15, 0.2) is 5.15 Å². The maximum absolute atomic E-state index is 11.9. The Bertz CT molecular complexity index is 413. The summed E-state index contributed by atoms with van der Waals surface area (Å²) in [6, 6.07) is 3.66. The van der Waals surface area contributed by atoms with E-state index in [-0.39, 0.29) is 30.3 Å². The van der Waals surface area contributed by atoms with Crippen LogP contribution in [0.3, 0.4) is 0 Å². The van der Waals surface area contributed by atoms with Gasteiger partial charge in [0, 0.05) is 25.4 Å². The molecule has 19 heavy (non-hydrogen) atoms. The van der Waals surface area contributed by atoms with Gasteiger partial charge < -0.3 is 10.4 Å². The van der Waals surface area contributed by atoms with E-state index in [1.54, 1.807) is 18.3 Å². The zero-order chi connectivity index (χ0) is 14.3. The molecule has 0 aromatic carbocycles. The van der Waals surface area contributed by atoms with E-state index >= 15 is 0 Å². The lowest BCUT2D eigenvalue weighted by Crippen LogP contribution is -2.39. The molecule has 0 atom stereocenters. The van der Waals surface area contributed by atoms with Crippen LogP contribution in [0.2, 0.25) is 5.15 Å². The number of carbonyl (C=O) groups is 1. The summed E-state index contributed by atoms with van der Waals surface area (Å²) >= 11 is 5.88. The summed E-state index contributed by atoms with van der Waals surface area (Å²) in [7, 11) is 0. The third kappa shape index (κ3) is 5.55. The van der Waals surface area contributed by atoms with Crippen LogP contribution in [-0.2, 0) is 4.79 Å². The molecule has 106 valence electrons. The van der Waals surface area contributed by atoms with Gasteiger partial charge in [-0.1, -0.05) is 11.6 Å². The molecule has 1 aromatic heterocycles. The van der Waals surface area contributed by atoms with Crippen LogP contribution in [0.15, 0.2) is 18.3 Å². The predicted octanol–water partition coefficient (Wildman–Crippen LogP) is 1.77. The molecule has 0 aliphatic heterocycles. The highest BCUT2D eigenvalue weighted by atomic mass is 35.5. The molecule has 0 fully saturated rings. The number of halogens is 1. The number of nitrogens with one attached hydrogen (secondary N) is 1. The fourth-order valence-corrected chi connectivity index (χ4v) is 1.81. The second kappa shape index (κ2) is 8.09.